The summed E-state index contributed by atoms with van der Waals surface area (Å²) in [5.41, 5.74) is 0.188. The third-order valence-electron chi connectivity index (χ3n) is 3.39. The Balaban J connectivity index is 1.92. The van der Waals surface area contributed by atoms with Crippen LogP contribution in [-0.4, -0.2) is 43.1 Å². The standard InChI is InChI=1S/C12H12ClN5O2/c13-8-4-1-3-7(10(8)19)12(20)18-6-2-5-9(18)11-14-16-17-15-11/h1,3-4,9,19H,2,5-6H2,(H,14,15,16,17)/t9-/m0/s1. The molecule has 1 saturated heterocycles. The molecule has 1 fully saturated rings. The molecule has 1 aliphatic rings. The molecule has 20 heavy (non-hydrogen) atoms. The maximum atomic E-state index is 12.5. The number of nitrogens with zero attached hydrogens (tertiary/aromatic N) is 4. The Morgan fingerprint density at radius 3 is 3.10 bits per heavy atom. The first-order valence-corrected chi connectivity index (χ1v) is 6.58. The lowest BCUT2D eigenvalue weighted by atomic mass is 10.1. The van der Waals surface area contributed by atoms with Gasteiger partial charge in [0.15, 0.2) is 5.82 Å². The second-order valence-electron chi connectivity index (χ2n) is 4.56. The highest BCUT2D eigenvalue weighted by molar-refractivity contribution is 6.32. The van der Waals surface area contributed by atoms with Crippen molar-refractivity contribution in [2.45, 2.75) is 18.9 Å². The van der Waals surface area contributed by atoms with E-state index in [-0.39, 0.29) is 28.3 Å². The van der Waals surface area contributed by atoms with E-state index in [1.165, 1.54) is 6.07 Å². The number of rotatable bonds is 2. The SMILES string of the molecule is O=C(c1cccc(Cl)c1O)N1CCC[C@H]1c1nn[nH]n1. The van der Waals surface area contributed by atoms with Gasteiger partial charge in [-0.15, -0.1) is 10.2 Å². The number of halogens is 1. The molecule has 104 valence electrons. The fourth-order valence-electron chi connectivity index (χ4n) is 2.43. The van der Waals surface area contributed by atoms with E-state index in [9.17, 15) is 9.90 Å². The number of carbonyl (C=O) groups is 1. The first kappa shape index (κ1) is 12.9. The van der Waals surface area contributed by atoms with Gasteiger partial charge < -0.3 is 10.0 Å². The van der Waals surface area contributed by atoms with Gasteiger partial charge in [0.1, 0.15) is 5.75 Å². The van der Waals surface area contributed by atoms with Gasteiger partial charge in [-0.25, -0.2) is 0 Å². The van der Waals surface area contributed by atoms with Crippen LogP contribution in [0.3, 0.4) is 0 Å². The third kappa shape index (κ3) is 2.09. The second-order valence-corrected chi connectivity index (χ2v) is 4.97. The van der Waals surface area contributed by atoms with Crippen molar-refractivity contribution in [3.8, 4) is 5.75 Å². The van der Waals surface area contributed by atoms with Crippen LogP contribution < -0.4 is 0 Å². The zero-order valence-corrected chi connectivity index (χ0v) is 11.2. The molecule has 0 unspecified atom stereocenters. The predicted molar refractivity (Wildman–Crippen MR) is 70.3 cm³/mol. The van der Waals surface area contributed by atoms with E-state index < -0.39 is 0 Å². The summed E-state index contributed by atoms with van der Waals surface area (Å²) in [7, 11) is 0. The number of amides is 1. The molecule has 8 heteroatoms. The number of para-hydroxylation sites is 1. The fourth-order valence-corrected chi connectivity index (χ4v) is 2.61. The molecule has 0 radical (unpaired) electrons. The monoisotopic (exact) mass is 293 g/mol. The zero-order valence-electron chi connectivity index (χ0n) is 10.5. The van der Waals surface area contributed by atoms with Crippen LogP contribution in [0, 0.1) is 0 Å². The van der Waals surface area contributed by atoms with E-state index >= 15 is 0 Å². The molecule has 1 amide bonds. The van der Waals surface area contributed by atoms with Crippen LogP contribution in [0.4, 0.5) is 0 Å². The van der Waals surface area contributed by atoms with Crippen molar-refractivity contribution in [2.24, 2.45) is 0 Å². The molecule has 3 rings (SSSR count). The van der Waals surface area contributed by atoms with Gasteiger partial charge in [0.2, 0.25) is 0 Å². The van der Waals surface area contributed by atoms with E-state index in [1.807, 2.05) is 0 Å². The molecule has 0 spiro atoms. The number of nitrogens with one attached hydrogen (secondary N) is 1. The average Bonchev–Trinajstić information content (AvgIpc) is 3.10. The Hall–Kier alpha value is -2.15. The Labute approximate surface area is 119 Å². The Kier molecular flexibility index (Phi) is 3.27. The number of hydrogen-bond donors (Lipinski definition) is 2. The molecule has 1 aliphatic heterocycles. The van der Waals surface area contributed by atoms with Gasteiger partial charge in [0.25, 0.3) is 5.91 Å². The van der Waals surface area contributed by atoms with Crippen LogP contribution in [0.25, 0.3) is 0 Å². The minimum Gasteiger partial charge on any atom is -0.506 e. The number of benzene rings is 1. The molecular weight excluding hydrogens is 282 g/mol. The number of hydrogen-bond acceptors (Lipinski definition) is 5. The number of aromatic amines is 1. The molecule has 1 atom stereocenters. The lowest BCUT2D eigenvalue weighted by Gasteiger charge is -2.22. The molecule has 1 aromatic heterocycles. The van der Waals surface area contributed by atoms with Gasteiger partial charge in [-0.05, 0) is 25.0 Å². The van der Waals surface area contributed by atoms with E-state index in [1.54, 1.807) is 17.0 Å². The second kappa shape index (κ2) is 5.09. The van der Waals surface area contributed by atoms with Crippen molar-refractivity contribution < 1.29 is 9.90 Å². The van der Waals surface area contributed by atoms with E-state index in [0.29, 0.717) is 12.4 Å². The van der Waals surface area contributed by atoms with Crippen molar-refractivity contribution in [1.82, 2.24) is 25.5 Å². The highest BCUT2D eigenvalue weighted by atomic mass is 35.5. The molecule has 7 nitrogen and oxygen atoms in total. The Morgan fingerprint density at radius 1 is 1.50 bits per heavy atom. The topological polar surface area (TPSA) is 95.0 Å². The zero-order chi connectivity index (χ0) is 14.1. The number of likely N-dealkylation sites (tertiary alicyclic amines) is 1. The summed E-state index contributed by atoms with van der Waals surface area (Å²) in [5.74, 6) is 0.00703. The van der Waals surface area contributed by atoms with Gasteiger partial charge in [-0.1, -0.05) is 22.9 Å². The highest BCUT2D eigenvalue weighted by Crippen LogP contribution is 2.34. The number of H-pyrrole nitrogens is 1. The average molecular weight is 294 g/mol. The minimum absolute atomic E-state index is 0.158. The Bertz CT molecular complexity index is 631. The number of phenolic OH excluding ortho intramolecular Hbond substituents is 1. The largest absolute Gasteiger partial charge is 0.506 e. The first-order valence-electron chi connectivity index (χ1n) is 6.20. The van der Waals surface area contributed by atoms with Crippen LogP contribution in [0.15, 0.2) is 18.2 Å². The summed E-state index contributed by atoms with van der Waals surface area (Å²) in [6.07, 6.45) is 1.62. The number of aromatic hydroxyl groups is 1. The summed E-state index contributed by atoms with van der Waals surface area (Å²) in [4.78, 5) is 14.2. The molecule has 1 aromatic carbocycles. The number of carbonyl (C=O) groups excluding carboxylic acids is 1. The first-order chi connectivity index (χ1) is 9.68. The smallest absolute Gasteiger partial charge is 0.258 e. The summed E-state index contributed by atoms with van der Waals surface area (Å²) >= 11 is 5.84. The maximum absolute atomic E-state index is 12.5. The fraction of sp³-hybridized carbons (Fsp3) is 0.333. The third-order valence-corrected chi connectivity index (χ3v) is 3.70. The predicted octanol–water partition coefficient (Wildman–Crippen LogP) is 1.54. The normalized spacial score (nSPS) is 18.4. The molecule has 2 N–H and O–H groups in total. The maximum Gasteiger partial charge on any atom is 0.258 e. The molecule has 2 heterocycles. The summed E-state index contributed by atoms with van der Waals surface area (Å²) in [5, 5.41) is 23.9. The minimum atomic E-state index is -0.280. The van der Waals surface area contributed by atoms with Gasteiger partial charge in [-0.2, -0.15) is 5.21 Å². The highest BCUT2D eigenvalue weighted by Gasteiger charge is 2.34. The lowest BCUT2D eigenvalue weighted by Crippen LogP contribution is -2.31. The van der Waals surface area contributed by atoms with Gasteiger partial charge >= 0.3 is 0 Å². The number of phenols is 1. The Morgan fingerprint density at radius 2 is 2.35 bits per heavy atom. The molecular formula is C12H12ClN5O2. The van der Waals surface area contributed by atoms with Crippen LogP contribution in [-0.2, 0) is 0 Å². The van der Waals surface area contributed by atoms with Crippen LogP contribution in [0.5, 0.6) is 5.75 Å². The summed E-state index contributed by atoms with van der Waals surface area (Å²) in [6, 6.07) is 4.50. The van der Waals surface area contributed by atoms with Gasteiger partial charge in [0, 0.05) is 6.54 Å². The van der Waals surface area contributed by atoms with Crippen molar-refractivity contribution in [3.63, 3.8) is 0 Å². The molecule has 0 aliphatic carbocycles. The van der Waals surface area contributed by atoms with Crippen LogP contribution in [0.1, 0.15) is 35.1 Å². The van der Waals surface area contributed by atoms with Gasteiger partial charge in [-0.3, -0.25) is 4.79 Å². The van der Waals surface area contributed by atoms with E-state index in [4.69, 9.17) is 11.6 Å². The van der Waals surface area contributed by atoms with Crippen molar-refractivity contribution >= 4 is 17.5 Å². The van der Waals surface area contributed by atoms with Crippen molar-refractivity contribution in [3.05, 3.63) is 34.6 Å². The molecule has 2 aromatic rings. The summed E-state index contributed by atoms with van der Waals surface area (Å²) in [6.45, 7) is 0.587. The quantitative estimate of drug-likeness (QED) is 0.875. The molecule has 0 bridgehead atoms. The van der Waals surface area contributed by atoms with E-state index in [2.05, 4.69) is 20.6 Å². The number of tetrazole rings is 1. The molecule has 0 saturated carbocycles. The van der Waals surface area contributed by atoms with Crippen molar-refractivity contribution in [1.29, 1.82) is 0 Å². The van der Waals surface area contributed by atoms with Crippen LogP contribution in [0.2, 0.25) is 5.02 Å². The summed E-state index contributed by atoms with van der Waals surface area (Å²) < 4.78 is 0. The van der Waals surface area contributed by atoms with Crippen molar-refractivity contribution in [2.75, 3.05) is 6.54 Å². The van der Waals surface area contributed by atoms with Gasteiger partial charge in [0.05, 0.1) is 16.6 Å². The number of aromatic nitrogens is 4. The van der Waals surface area contributed by atoms with Crippen LogP contribution >= 0.6 is 11.6 Å². The van der Waals surface area contributed by atoms with E-state index in [0.717, 1.165) is 12.8 Å². The lowest BCUT2D eigenvalue weighted by molar-refractivity contribution is 0.0727.